The van der Waals surface area contributed by atoms with E-state index in [1.807, 2.05) is 12.1 Å². The third-order valence-corrected chi connectivity index (χ3v) is 4.83. The van der Waals surface area contributed by atoms with E-state index in [0.29, 0.717) is 29.4 Å². The van der Waals surface area contributed by atoms with Gasteiger partial charge in [0.2, 0.25) is 5.91 Å². The molecule has 1 aliphatic heterocycles. The number of carbonyl (C=O) groups is 1. The maximum absolute atomic E-state index is 12.2. The molecule has 0 aromatic heterocycles. The zero-order valence-corrected chi connectivity index (χ0v) is 14.1. The zero-order valence-electron chi connectivity index (χ0n) is 13.3. The van der Waals surface area contributed by atoms with Crippen molar-refractivity contribution in [2.75, 3.05) is 19.0 Å². The van der Waals surface area contributed by atoms with Crippen molar-refractivity contribution in [3.8, 4) is 5.75 Å². The van der Waals surface area contributed by atoms with Crippen LogP contribution in [0.4, 0.5) is 5.69 Å². The summed E-state index contributed by atoms with van der Waals surface area (Å²) in [7, 11) is 1.66. The molecule has 1 saturated carbocycles. The van der Waals surface area contributed by atoms with Crippen molar-refractivity contribution in [2.24, 2.45) is 0 Å². The monoisotopic (exact) mass is 338 g/mol. The van der Waals surface area contributed by atoms with Crippen LogP contribution in [-0.4, -0.2) is 37.8 Å². The van der Waals surface area contributed by atoms with Gasteiger partial charge < -0.3 is 20.1 Å². The molecule has 1 aliphatic carbocycles. The van der Waals surface area contributed by atoms with Gasteiger partial charge in [0.1, 0.15) is 5.75 Å². The molecule has 5 nitrogen and oxygen atoms in total. The fourth-order valence-electron chi connectivity index (χ4n) is 3.17. The molecule has 23 heavy (non-hydrogen) atoms. The number of benzene rings is 1. The minimum atomic E-state index is -0.229. The molecule has 1 aromatic carbocycles. The number of ether oxygens (including phenoxy) is 2. The first-order valence-electron chi connectivity index (χ1n) is 8.19. The lowest BCUT2D eigenvalue weighted by Crippen LogP contribution is -2.35. The summed E-state index contributed by atoms with van der Waals surface area (Å²) >= 11 is 6.28. The van der Waals surface area contributed by atoms with Crippen LogP contribution in [0.25, 0.3) is 0 Å². The summed E-state index contributed by atoms with van der Waals surface area (Å²) in [6.45, 7) is 0.698. The number of nitrogens with one attached hydrogen (secondary N) is 2. The highest BCUT2D eigenvalue weighted by Gasteiger charge is 2.29. The minimum absolute atomic E-state index is 0.0647. The molecule has 0 radical (unpaired) electrons. The normalized spacial score (nSPS) is 24.8. The van der Waals surface area contributed by atoms with Crippen molar-refractivity contribution in [1.29, 1.82) is 0 Å². The fraction of sp³-hybridized carbons (Fsp3) is 0.588. The number of hydrogen-bond donors (Lipinski definition) is 2. The van der Waals surface area contributed by atoms with Gasteiger partial charge in [-0.15, -0.1) is 0 Å². The Morgan fingerprint density at radius 2 is 2.09 bits per heavy atom. The van der Waals surface area contributed by atoms with Crippen LogP contribution < -0.4 is 15.4 Å². The molecule has 1 amide bonds. The molecule has 126 valence electrons. The lowest BCUT2D eigenvalue weighted by molar-refractivity contribution is -0.118. The fourth-order valence-corrected chi connectivity index (χ4v) is 3.40. The summed E-state index contributed by atoms with van der Waals surface area (Å²) in [6, 6.07) is 5.17. The quantitative estimate of drug-likeness (QED) is 0.866. The zero-order chi connectivity index (χ0) is 16.2. The number of carbonyl (C=O) groups excluding carboxylic acids is 1. The van der Waals surface area contributed by atoms with E-state index >= 15 is 0 Å². The van der Waals surface area contributed by atoms with E-state index in [9.17, 15) is 4.79 Å². The number of methoxy groups -OCH3 is 1. The molecule has 1 aromatic rings. The molecule has 3 rings (SSSR count). The van der Waals surface area contributed by atoms with Gasteiger partial charge in [0.15, 0.2) is 0 Å². The van der Waals surface area contributed by atoms with Gasteiger partial charge in [0, 0.05) is 19.3 Å². The second-order valence-electron chi connectivity index (χ2n) is 6.21. The van der Waals surface area contributed by atoms with Crippen LogP contribution in [0.1, 0.15) is 32.1 Å². The Kier molecular flexibility index (Phi) is 5.41. The first-order chi connectivity index (χ1) is 11.2. The van der Waals surface area contributed by atoms with Crippen LogP contribution in [0.2, 0.25) is 5.02 Å². The number of hydrogen-bond acceptors (Lipinski definition) is 4. The van der Waals surface area contributed by atoms with E-state index in [2.05, 4.69) is 10.6 Å². The summed E-state index contributed by atoms with van der Waals surface area (Å²) in [5.41, 5.74) is 0.682. The van der Waals surface area contributed by atoms with E-state index in [1.165, 1.54) is 12.8 Å². The number of amides is 1. The van der Waals surface area contributed by atoms with Gasteiger partial charge in [0.25, 0.3) is 0 Å². The maximum atomic E-state index is 12.2. The van der Waals surface area contributed by atoms with E-state index < -0.39 is 0 Å². The van der Waals surface area contributed by atoms with E-state index in [1.54, 1.807) is 13.2 Å². The maximum Gasteiger partial charge on any atom is 0.241 e. The first-order valence-corrected chi connectivity index (χ1v) is 8.57. The smallest absolute Gasteiger partial charge is 0.241 e. The topological polar surface area (TPSA) is 59.6 Å². The van der Waals surface area contributed by atoms with Gasteiger partial charge in [-0.05, 0) is 50.3 Å². The van der Waals surface area contributed by atoms with Gasteiger partial charge in [-0.2, -0.15) is 0 Å². The van der Waals surface area contributed by atoms with Crippen molar-refractivity contribution in [3.63, 3.8) is 0 Å². The number of halogens is 1. The van der Waals surface area contributed by atoms with Gasteiger partial charge in [-0.25, -0.2) is 0 Å². The van der Waals surface area contributed by atoms with Gasteiger partial charge in [0.05, 0.1) is 23.3 Å². The lowest BCUT2D eigenvalue weighted by Gasteiger charge is -2.16. The minimum Gasteiger partial charge on any atom is -0.489 e. The Balaban J connectivity index is 1.58. The summed E-state index contributed by atoms with van der Waals surface area (Å²) < 4.78 is 11.2. The summed E-state index contributed by atoms with van der Waals surface area (Å²) in [5.74, 6) is 0.625. The Morgan fingerprint density at radius 3 is 2.74 bits per heavy atom. The Morgan fingerprint density at radius 1 is 1.30 bits per heavy atom. The van der Waals surface area contributed by atoms with Gasteiger partial charge in [-0.3, -0.25) is 4.79 Å². The average Bonchev–Trinajstić information content (AvgIpc) is 3.21. The third-order valence-electron chi connectivity index (χ3n) is 4.54. The van der Waals surface area contributed by atoms with Gasteiger partial charge in [-0.1, -0.05) is 11.6 Å². The highest BCUT2D eigenvalue weighted by molar-refractivity contribution is 6.32. The second kappa shape index (κ2) is 7.51. The summed E-state index contributed by atoms with van der Waals surface area (Å²) in [5, 5.41) is 6.58. The SMILES string of the molecule is CO[C@@H]1CN[C@@H](C(=O)Nc2ccc(OC3CCCC3)c(Cl)c2)C1. The third kappa shape index (κ3) is 4.16. The Bertz CT molecular complexity index is 561. The molecular formula is C17H23ClN2O3. The molecule has 0 unspecified atom stereocenters. The van der Waals surface area contributed by atoms with Crippen LogP contribution in [0, 0.1) is 0 Å². The van der Waals surface area contributed by atoms with E-state index in [4.69, 9.17) is 21.1 Å². The molecule has 2 atom stereocenters. The number of rotatable bonds is 5. The molecular weight excluding hydrogens is 316 g/mol. The van der Waals surface area contributed by atoms with Crippen molar-refractivity contribution >= 4 is 23.2 Å². The van der Waals surface area contributed by atoms with Crippen LogP contribution in [0.15, 0.2) is 18.2 Å². The predicted octanol–water partition coefficient (Wildman–Crippen LogP) is 2.98. The molecule has 2 fully saturated rings. The highest BCUT2D eigenvalue weighted by atomic mass is 35.5. The Labute approximate surface area is 141 Å². The highest BCUT2D eigenvalue weighted by Crippen LogP contribution is 2.31. The molecule has 2 aliphatic rings. The molecule has 1 saturated heterocycles. The summed E-state index contributed by atoms with van der Waals surface area (Å²) in [6.07, 6.45) is 5.64. The first kappa shape index (κ1) is 16.6. The molecule has 6 heteroatoms. The largest absolute Gasteiger partial charge is 0.489 e. The lowest BCUT2D eigenvalue weighted by atomic mass is 10.2. The molecule has 0 spiro atoms. The van der Waals surface area contributed by atoms with Crippen LogP contribution >= 0.6 is 11.6 Å². The van der Waals surface area contributed by atoms with Crippen LogP contribution in [-0.2, 0) is 9.53 Å². The van der Waals surface area contributed by atoms with E-state index in [0.717, 1.165) is 12.8 Å². The van der Waals surface area contributed by atoms with Crippen molar-refractivity contribution in [1.82, 2.24) is 5.32 Å². The predicted molar refractivity (Wildman–Crippen MR) is 90.2 cm³/mol. The second-order valence-corrected chi connectivity index (χ2v) is 6.62. The molecule has 1 heterocycles. The molecule has 0 bridgehead atoms. The number of anilines is 1. The average molecular weight is 339 g/mol. The van der Waals surface area contributed by atoms with Crippen LogP contribution in [0.3, 0.4) is 0 Å². The summed E-state index contributed by atoms with van der Waals surface area (Å²) in [4.78, 5) is 12.2. The Hall–Kier alpha value is -1.30. The van der Waals surface area contributed by atoms with Crippen molar-refractivity contribution in [3.05, 3.63) is 23.2 Å². The standard InChI is InChI=1S/C17H23ClN2O3/c1-22-13-9-15(19-10-13)17(21)20-11-6-7-16(14(18)8-11)23-12-4-2-3-5-12/h6-8,12-13,15,19H,2-5,9-10H2,1H3,(H,20,21)/t13-,15+/m0/s1. The van der Waals surface area contributed by atoms with Crippen LogP contribution in [0.5, 0.6) is 5.75 Å². The van der Waals surface area contributed by atoms with Crippen molar-refractivity contribution < 1.29 is 14.3 Å². The van der Waals surface area contributed by atoms with Gasteiger partial charge >= 0.3 is 0 Å². The molecule has 2 N–H and O–H groups in total. The van der Waals surface area contributed by atoms with Crippen molar-refractivity contribution in [2.45, 2.75) is 50.4 Å². The van der Waals surface area contributed by atoms with E-state index in [-0.39, 0.29) is 24.2 Å².